The Labute approximate surface area is 111 Å². The fourth-order valence-corrected chi connectivity index (χ4v) is 1.39. The lowest BCUT2D eigenvalue weighted by Crippen LogP contribution is -2.36. The Morgan fingerprint density at radius 3 is 2.63 bits per heavy atom. The van der Waals surface area contributed by atoms with E-state index >= 15 is 0 Å². The first kappa shape index (κ1) is 14.5. The number of likely N-dealkylation sites (N-methyl/N-ethyl adjacent to an activating group) is 1. The highest BCUT2D eigenvalue weighted by molar-refractivity contribution is 5.97. The fraction of sp³-hybridized carbons (Fsp3) is 0.250. The highest BCUT2D eigenvalue weighted by Gasteiger charge is 2.07. The van der Waals surface area contributed by atoms with Crippen molar-refractivity contribution in [3.63, 3.8) is 0 Å². The average Bonchev–Trinajstić information content (AvgIpc) is 2.36. The quantitative estimate of drug-likeness (QED) is 0.420. The summed E-state index contributed by atoms with van der Waals surface area (Å²) in [5, 5.41) is 5.08. The lowest BCUT2D eigenvalue weighted by Gasteiger charge is -2.05. The van der Waals surface area contributed by atoms with E-state index in [4.69, 9.17) is 11.5 Å². The summed E-state index contributed by atoms with van der Waals surface area (Å²) in [6.07, 6.45) is 0. The molecule has 102 valence electrons. The summed E-state index contributed by atoms with van der Waals surface area (Å²) in [4.78, 5) is 26.8. The van der Waals surface area contributed by atoms with Crippen LogP contribution >= 0.6 is 0 Å². The van der Waals surface area contributed by atoms with Crippen LogP contribution < -0.4 is 22.1 Å². The van der Waals surface area contributed by atoms with Gasteiger partial charge >= 0.3 is 0 Å². The summed E-state index contributed by atoms with van der Waals surface area (Å²) in [7, 11) is 0. The first-order chi connectivity index (χ1) is 9.02. The molecule has 6 N–H and O–H groups in total. The van der Waals surface area contributed by atoms with Crippen LogP contribution in [0, 0.1) is 0 Å². The monoisotopic (exact) mass is 263 g/mol. The molecule has 1 aromatic rings. The highest BCUT2D eigenvalue weighted by Crippen LogP contribution is 2.13. The number of aliphatic imine (C=N–C) groups is 1. The maximum Gasteiger partial charge on any atom is 0.251 e. The third-order valence-electron chi connectivity index (χ3n) is 2.15. The smallest absolute Gasteiger partial charge is 0.251 e. The molecule has 0 radical (unpaired) electrons. The molecule has 2 amide bonds. The number of carbonyl (C=O) groups is 2. The Bertz CT molecular complexity index is 495. The van der Waals surface area contributed by atoms with Crippen LogP contribution in [0.3, 0.4) is 0 Å². The molecule has 0 fully saturated rings. The normalized spacial score (nSPS) is 9.53. The maximum atomic E-state index is 11.8. The minimum Gasteiger partial charge on any atom is -0.370 e. The van der Waals surface area contributed by atoms with E-state index in [1.807, 2.05) is 0 Å². The molecule has 0 bridgehead atoms. The van der Waals surface area contributed by atoms with Gasteiger partial charge in [0.2, 0.25) is 5.91 Å². The number of amides is 2. The zero-order valence-electron chi connectivity index (χ0n) is 10.6. The van der Waals surface area contributed by atoms with E-state index in [2.05, 4.69) is 15.6 Å². The molecule has 0 saturated carbocycles. The molecular formula is C12H17N5O2. The standard InChI is InChI=1S/C12H17N5O2/c1-2-15-10(18)7-16-11(19)8-4-3-5-9(6-8)17-12(13)14/h3-6H,2,7H2,1H3,(H,15,18)(H,16,19)(H4,13,14,17). The van der Waals surface area contributed by atoms with Gasteiger partial charge in [0, 0.05) is 12.1 Å². The zero-order valence-corrected chi connectivity index (χ0v) is 10.6. The number of rotatable bonds is 5. The highest BCUT2D eigenvalue weighted by atomic mass is 16.2. The van der Waals surface area contributed by atoms with Gasteiger partial charge in [0.1, 0.15) is 0 Å². The topological polar surface area (TPSA) is 123 Å². The molecule has 0 atom stereocenters. The number of nitrogens with one attached hydrogen (secondary N) is 2. The number of benzene rings is 1. The molecule has 0 aliphatic heterocycles. The predicted molar refractivity (Wildman–Crippen MR) is 72.9 cm³/mol. The van der Waals surface area contributed by atoms with Crippen LogP contribution in [0.5, 0.6) is 0 Å². The van der Waals surface area contributed by atoms with Gasteiger partial charge in [-0.25, -0.2) is 4.99 Å². The summed E-state index contributed by atoms with van der Waals surface area (Å²) >= 11 is 0. The van der Waals surface area contributed by atoms with Crippen molar-refractivity contribution in [1.82, 2.24) is 10.6 Å². The molecule has 7 nitrogen and oxygen atoms in total. The van der Waals surface area contributed by atoms with Crippen molar-refractivity contribution in [2.45, 2.75) is 6.92 Å². The third kappa shape index (κ3) is 5.07. The van der Waals surface area contributed by atoms with E-state index in [0.717, 1.165) is 0 Å². The first-order valence-corrected chi connectivity index (χ1v) is 5.77. The molecule has 0 unspecified atom stereocenters. The molecule has 0 aliphatic carbocycles. The van der Waals surface area contributed by atoms with Crippen LogP contribution in [0.2, 0.25) is 0 Å². The molecule has 1 rings (SSSR count). The van der Waals surface area contributed by atoms with Crippen LogP contribution in [0.4, 0.5) is 5.69 Å². The van der Waals surface area contributed by atoms with Gasteiger partial charge in [-0.15, -0.1) is 0 Å². The van der Waals surface area contributed by atoms with Crippen LogP contribution in [0.25, 0.3) is 0 Å². The van der Waals surface area contributed by atoms with E-state index < -0.39 is 0 Å². The van der Waals surface area contributed by atoms with Gasteiger partial charge in [-0.05, 0) is 25.1 Å². The Morgan fingerprint density at radius 1 is 1.26 bits per heavy atom. The number of nitrogens with two attached hydrogens (primary N) is 2. The third-order valence-corrected chi connectivity index (χ3v) is 2.15. The van der Waals surface area contributed by atoms with Crippen molar-refractivity contribution < 1.29 is 9.59 Å². The van der Waals surface area contributed by atoms with Crippen LogP contribution in [-0.4, -0.2) is 30.9 Å². The van der Waals surface area contributed by atoms with Crippen molar-refractivity contribution in [2.75, 3.05) is 13.1 Å². The molecule has 0 saturated heterocycles. The second-order valence-electron chi connectivity index (χ2n) is 3.72. The van der Waals surface area contributed by atoms with E-state index in [9.17, 15) is 9.59 Å². The molecule has 0 heterocycles. The molecule has 19 heavy (non-hydrogen) atoms. The van der Waals surface area contributed by atoms with Crippen molar-refractivity contribution in [3.05, 3.63) is 29.8 Å². The minimum atomic E-state index is -0.362. The van der Waals surface area contributed by atoms with E-state index in [1.165, 1.54) is 6.07 Å². The Hall–Kier alpha value is -2.57. The lowest BCUT2D eigenvalue weighted by atomic mass is 10.2. The summed E-state index contributed by atoms with van der Waals surface area (Å²) in [6, 6.07) is 6.47. The number of hydrogen-bond donors (Lipinski definition) is 4. The largest absolute Gasteiger partial charge is 0.370 e. The van der Waals surface area contributed by atoms with Gasteiger partial charge in [-0.2, -0.15) is 0 Å². The van der Waals surface area contributed by atoms with Crippen LogP contribution in [0.15, 0.2) is 29.3 Å². The summed E-state index contributed by atoms with van der Waals surface area (Å²) in [5.74, 6) is -0.685. The average molecular weight is 263 g/mol. The molecule has 0 spiro atoms. The second kappa shape index (κ2) is 7.00. The number of hydrogen-bond acceptors (Lipinski definition) is 3. The van der Waals surface area contributed by atoms with E-state index in [1.54, 1.807) is 25.1 Å². The maximum absolute atomic E-state index is 11.8. The number of carbonyl (C=O) groups excluding carboxylic acids is 2. The molecular weight excluding hydrogens is 246 g/mol. The summed E-state index contributed by atoms with van der Waals surface area (Å²) in [6.45, 7) is 2.26. The van der Waals surface area contributed by atoms with Gasteiger partial charge in [0.05, 0.1) is 12.2 Å². The molecule has 0 aromatic heterocycles. The van der Waals surface area contributed by atoms with Crippen molar-refractivity contribution in [1.29, 1.82) is 0 Å². The number of guanidine groups is 1. The lowest BCUT2D eigenvalue weighted by molar-refractivity contribution is -0.120. The SMILES string of the molecule is CCNC(=O)CNC(=O)c1cccc(N=C(N)N)c1. The summed E-state index contributed by atoms with van der Waals surface area (Å²) in [5.41, 5.74) is 11.4. The summed E-state index contributed by atoms with van der Waals surface area (Å²) < 4.78 is 0. The van der Waals surface area contributed by atoms with Crippen molar-refractivity contribution in [2.24, 2.45) is 16.5 Å². The van der Waals surface area contributed by atoms with Crippen LogP contribution in [0.1, 0.15) is 17.3 Å². The van der Waals surface area contributed by atoms with E-state index in [-0.39, 0.29) is 24.3 Å². The predicted octanol–water partition coefficient (Wildman–Crippen LogP) is -0.543. The van der Waals surface area contributed by atoms with Crippen molar-refractivity contribution in [3.8, 4) is 0 Å². The van der Waals surface area contributed by atoms with E-state index in [0.29, 0.717) is 17.8 Å². The van der Waals surface area contributed by atoms with Gasteiger partial charge in [0.25, 0.3) is 5.91 Å². The zero-order chi connectivity index (χ0) is 14.3. The Morgan fingerprint density at radius 2 is 2.00 bits per heavy atom. The van der Waals surface area contributed by atoms with Crippen LogP contribution in [-0.2, 0) is 4.79 Å². The van der Waals surface area contributed by atoms with Gasteiger partial charge < -0.3 is 22.1 Å². The van der Waals surface area contributed by atoms with Gasteiger partial charge in [0.15, 0.2) is 5.96 Å². The molecule has 1 aromatic carbocycles. The van der Waals surface area contributed by atoms with Gasteiger partial charge in [-0.3, -0.25) is 9.59 Å². The number of nitrogens with zero attached hydrogens (tertiary/aromatic N) is 1. The first-order valence-electron chi connectivity index (χ1n) is 5.77. The Kier molecular flexibility index (Phi) is 5.34. The molecule has 7 heteroatoms. The minimum absolute atomic E-state index is 0.0702. The van der Waals surface area contributed by atoms with Gasteiger partial charge in [-0.1, -0.05) is 6.07 Å². The second-order valence-corrected chi connectivity index (χ2v) is 3.72. The Balaban J connectivity index is 2.67. The fourth-order valence-electron chi connectivity index (χ4n) is 1.39. The molecule has 0 aliphatic rings. The van der Waals surface area contributed by atoms with Crippen molar-refractivity contribution >= 4 is 23.5 Å².